The van der Waals surface area contributed by atoms with Gasteiger partial charge >= 0.3 is 5.97 Å². The molecular formula is C21H35NO3. The first-order valence-electron chi connectivity index (χ1n) is 9.42. The third kappa shape index (κ3) is 10.6. The molecule has 4 heteroatoms. The molecule has 0 aromatic heterocycles. The quantitative estimate of drug-likeness (QED) is 0.645. The van der Waals surface area contributed by atoms with Gasteiger partial charge in [-0.25, -0.2) is 0 Å². The Kier molecular flexibility index (Phi) is 12.5. The smallest absolute Gasteiger partial charge is 0.306 e. The molecule has 0 bridgehead atoms. The van der Waals surface area contributed by atoms with Crippen molar-refractivity contribution in [3.8, 4) is 0 Å². The number of nitrogens with one attached hydrogen (secondary N) is 1. The Bertz CT molecular complexity index is 485. The lowest BCUT2D eigenvalue weighted by Gasteiger charge is -2.20. The predicted molar refractivity (Wildman–Crippen MR) is 103 cm³/mol. The summed E-state index contributed by atoms with van der Waals surface area (Å²) in [5, 5.41) is 3.01. The molecule has 1 rings (SSSR count). The Morgan fingerprint density at radius 2 is 1.64 bits per heavy atom. The highest BCUT2D eigenvalue weighted by Gasteiger charge is 2.20. The summed E-state index contributed by atoms with van der Waals surface area (Å²) in [4.78, 5) is 24.0. The second-order valence-corrected chi connectivity index (χ2v) is 6.41. The number of rotatable bonds is 9. The molecule has 0 heterocycles. The Morgan fingerprint density at radius 3 is 2.16 bits per heavy atom. The van der Waals surface area contributed by atoms with Crippen LogP contribution in [0.3, 0.4) is 0 Å². The van der Waals surface area contributed by atoms with Crippen molar-refractivity contribution < 1.29 is 14.3 Å². The molecule has 0 radical (unpaired) electrons. The van der Waals surface area contributed by atoms with Gasteiger partial charge in [0, 0.05) is 12.8 Å². The van der Waals surface area contributed by atoms with Gasteiger partial charge in [0.2, 0.25) is 5.91 Å². The maximum absolute atomic E-state index is 12.3. The summed E-state index contributed by atoms with van der Waals surface area (Å²) in [6, 6.07) is 9.83. The van der Waals surface area contributed by atoms with Crippen LogP contribution in [0.1, 0.15) is 72.4 Å². The molecule has 0 fully saturated rings. The van der Waals surface area contributed by atoms with Crippen molar-refractivity contribution in [2.24, 2.45) is 11.8 Å². The molecule has 1 amide bonds. The van der Waals surface area contributed by atoms with Crippen molar-refractivity contribution in [3.05, 3.63) is 35.9 Å². The van der Waals surface area contributed by atoms with E-state index in [9.17, 15) is 9.59 Å². The Hall–Kier alpha value is -1.84. The molecule has 0 saturated carbocycles. The molecule has 0 aliphatic heterocycles. The van der Waals surface area contributed by atoms with E-state index in [1.54, 1.807) is 6.92 Å². The van der Waals surface area contributed by atoms with E-state index in [0.717, 1.165) is 12.0 Å². The first-order chi connectivity index (χ1) is 11.9. The Balaban J connectivity index is 0.00000277. The molecule has 0 saturated heterocycles. The highest BCUT2D eigenvalue weighted by Crippen LogP contribution is 2.21. The molecule has 25 heavy (non-hydrogen) atoms. The van der Waals surface area contributed by atoms with Gasteiger partial charge in [-0.15, -0.1) is 0 Å². The van der Waals surface area contributed by atoms with E-state index in [2.05, 4.69) is 19.2 Å². The van der Waals surface area contributed by atoms with Crippen LogP contribution in [0.25, 0.3) is 0 Å². The average Bonchev–Trinajstić information content (AvgIpc) is 2.56. The van der Waals surface area contributed by atoms with Gasteiger partial charge in [0.15, 0.2) is 0 Å². The second kappa shape index (κ2) is 13.5. The van der Waals surface area contributed by atoms with Gasteiger partial charge < -0.3 is 10.1 Å². The SMILES string of the molecule is CC.CCOC(=O)C[C@H](CC(=O)NC(C)c1ccccc1)CC(C)C. The van der Waals surface area contributed by atoms with E-state index in [0.29, 0.717) is 25.4 Å². The molecule has 0 aliphatic rings. The normalized spacial score (nSPS) is 12.6. The molecule has 1 aromatic carbocycles. The van der Waals surface area contributed by atoms with Crippen molar-refractivity contribution >= 4 is 11.9 Å². The lowest BCUT2D eigenvalue weighted by Crippen LogP contribution is -2.29. The van der Waals surface area contributed by atoms with Crippen LogP contribution in [0.5, 0.6) is 0 Å². The van der Waals surface area contributed by atoms with Crippen molar-refractivity contribution in [1.29, 1.82) is 0 Å². The number of ether oxygens (including phenoxy) is 1. The van der Waals surface area contributed by atoms with E-state index in [-0.39, 0.29) is 23.8 Å². The van der Waals surface area contributed by atoms with E-state index in [4.69, 9.17) is 4.74 Å². The largest absolute Gasteiger partial charge is 0.466 e. The van der Waals surface area contributed by atoms with E-state index < -0.39 is 0 Å². The van der Waals surface area contributed by atoms with Crippen molar-refractivity contribution in [2.45, 2.75) is 66.8 Å². The standard InChI is InChI=1S/C19H29NO3.C2H6/c1-5-23-19(22)13-16(11-14(2)3)12-18(21)20-15(4)17-9-7-6-8-10-17;1-2/h6-10,14-16H,5,11-13H2,1-4H3,(H,20,21);1-2H3/t15?,16-;/m0./s1. The van der Waals surface area contributed by atoms with Crippen LogP contribution in [-0.2, 0) is 14.3 Å². The predicted octanol–water partition coefficient (Wildman–Crippen LogP) is 4.90. The molecular weight excluding hydrogens is 314 g/mol. The number of benzene rings is 1. The number of hydrogen-bond acceptors (Lipinski definition) is 3. The van der Waals surface area contributed by atoms with Crippen LogP contribution in [0, 0.1) is 11.8 Å². The zero-order valence-electron chi connectivity index (χ0n) is 16.7. The van der Waals surface area contributed by atoms with Crippen LogP contribution >= 0.6 is 0 Å². The summed E-state index contributed by atoms with van der Waals surface area (Å²) in [7, 11) is 0. The van der Waals surface area contributed by atoms with Crippen LogP contribution in [0.2, 0.25) is 0 Å². The van der Waals surface area contributed by atoms with Crippen LogP contribution in [0.4, 0.5) is 0 Å². The summed E-state index contributed by atoms with van der Waals surface area (Å²) in [6.45, 7) is 12.3. The first kappa shape index (κ1) is 23.2. The zero-order chi connectivity index (χ0) is 19.2. The van der Waals surface area contributed by atoms with Gasteiger partial charge in [-0.05, 0) is 37.7 Å². The fourth-order valence-corrected chi connectivity index (χ4v) is 2.75. The molecule has 2 atom stereocenters. The summed E-state index contributed by atoms with van der Waals surface area (Å²) in [5.74, 6) is 0.226. The maximum Gasteiger partial charge on any atom is 0.306 e. The Morgan fingerprint density at radius 1 is 1.04 bits per heavy atom. The lowest BCUT2D eigenvalue weighted by atomic mass is 9.91. The molecule has 1 unspecified atom stereocenters. The molecule has 142 valence electrons. The van der Waals surface area contributed by atoms with E-state index in [1.807, 2.05) is 51.1 Å². The van der Waals surface area contributed by atoms with Gasteiger partial charge in [0.05, 0.1) is 12.6 Å². The molecule has 1 N–H and O–H groups in total. The van der Waals surface area contributed by atoms with Crippen LogP contribution in [0.15, 0.2) is 30.3 Å². The van der Waals surface area contributed by atoms with Gasteiger partial charge in [-0.3, -0.25) is 9.59 Å². The highest BCUT2D eigenvalue weighted by molar-refractivity contribution is 5.78. The molecule has 0 aliphatic carbocycles. The number of carbonyl (C=O) groups excluding carboxylic acids is 2. The number of amides is 1. The van der Waals surface area contributed by atoms with Crippen molar-refractivity contribution in [2.75, 3.05) is 6.61 Å². The number of carbonyl (C=O) groups is 2. The van der Waals surface area contributed by atoms with Crippen LogP contribution < -0.4 is 5.32 Å². The fraction of sp³-hybridized carbons (Fsp3) is 0.619. The third-order valence-corrected chi connectivity index (χ3v) is 3.72. The summed E-state index contributed by atoms with van der Waals surface area (Å²) < 4.78 is 5.02. The first-order valence-corrected chi connectivity index (χ1v) is 9.42. The Labute approximate surface area is 153 Å². The minimum Gasteiger partial charge on any atom is -0.466 e. The minimum absolute atomic E-state index is 0.0173. The van der Waals surface area contributed by atoms with Crippen molar-refractivity contribution in [1.82, 2.24) is 5.32 Å². The molecule has 1 aromatic rings. The number of hydrogen-bond donors (Lipinski definition) is 1. The van der Waals surface area contributed by atoms with Crippen LogP contribution in [-0.4, -0.2) is 18.5 Å². The molecule has 4 nitrogen and oxygen atoms in total. The lowest BCUT2D eigenvalue weighted by molar-refractivity contribution is -0.144. The van der Waals surface area contributed by atoms with Gasteiger partial charge in [0.25, 0.3) is 0 Å². The average molecular weight is 350 g/mol. The van der Waals surface area contributed by atoms with Gasteiger partial charge in [-0.1, -0.05) is 58.0 Å². The van der Waals surface area contributed by atoms with Crippen molar-refractivity contribution in [3.63, 3.8) is 0 Å². The topological polar surface area (TPSA) is 55.4 Å². The maximum atomic E-state index is 12.3. The number of esters is 1. The monoisotopic (exact) mass is 349 g/mol. The second-order valence-electron chi connectivity index (χ2n) is 6.41. The summed E-state index contributed by atoms with van der Waals surface area (Å²) in [5.41, 5.74) is 1.08. The zero-order valence-corrected chi connectivity index (χ0v) is 16.7. The highest BCUT2D eigenvalue weighted by atomic mass is 16.5. The van der Waals surface area contributed by atoms with E-state index >= 15 is 0 Å². The fourth-order valence-electron chi connectivity index (χ4n) is 2.75. The third-order valence-electron chi connectivity index (χ3n) is 3.72. The summed E-state index contributed by atoms with van der Waals surface area (Å²) in [6.07, 6.45) is 1.50. The van der Waals surface area contributed by atoms with Gasteiger partial charge in [0.1, 0.15) is 0 Å². The van der Waals surface area contributed by atoms with Gasteiger partial charge in [-0.2, -0.15) is 0 Å². The summed E-state index contributed by atoms with van der Waals surface area (Å²) >= 11 is 0. The minimum atomic E-state index is -0.220. The van der Waals surface area contributed by atoms with E-state index in [1.165, 1.54) is 0 Å². The molecule has 0 spiro atoms.